The van der Waals surface area contributed by atoms with Crippen LogP contribution >= 0.6 is 11.6 Å². The first kappa shape index (κ1) is 15.7. The third kappa shape index (κ3) is 4.17. The van der Waals surface area contributed by atoms with Gasteiger partial charge < -0.3 is 15.7 Å². The van der Waals surface area contributed by atoms with Gasteiger partial charge in [0.15, 0.2) is 0 Å². The van der Waals surface area contributed by atoms with Gasteiger partial charge in [-0.2, -0.15) is 0 Å². The summed E-state index contributed by atoms with van der Waals surface area (Å²) in [6, 6.07) is 14.1. The predicted octanol–water partition coefficient (Wildman–Crippen LogP) is 4.08. The highest BCUT2D eigenvalue weighted by Gasteiger charge is 2.20. The second kappa shape index (κ2) is 6.92. The van der Waals surface area contributed by atoms with Gasteiger partial charge in [-0.05, 0) is 60.2 Å². The van der Waals surface area contributed by atoms with E-state index in [4.69, 9.17) is 16.7 Å². The summed E-state index contributed by atoms with van der Waals surface area (Å²) in [6.07, 6.45) is 1.56. The van der Waals surface area contributed by atoms with Crippen molar-refractivity contribution in [3.8, 4) is 0 Å². The minimum atomic E-state index is -0.945. The Balaban J connectivity index is 1.63. The van der Waals surface area contributed by atoms with Crippen LogP contribution in [0.5, 0.6) is 0 Å². The van der Waals surface area contributed by atoms with Gasteiger partial charge in [-0.15, -0.1) is 0 Å². The first-order valence-corrected chi connectivity index (χ1v) is 8.07. The van der Waals surface area contributed by atoms with Crippen LogP contribution in [0.25, 0.3) is 0 Å². The zero-order valence-electron chi connectivity index (χ0n) is 12.7. The molecule has 0 aliphatic heterocycles. The molecule has 5 heteroatoms. The Kier molecular flexibility index (Phi) is 4.72. The molecule has 23 heavy (non-hydrogen) atoms. The Hall–Kier alpha value is -2.20. The van der Waals surface area contributed by atoms with Crippen molar-refractivity contribution in [3.05, 3.63) is 64.2 Å². The van der Waals surface area contributed by atoms with Crippen LogP contribution in [0.2, 0.25) is 5.02 Å². The van der Waals surface area contributed by atoms with Crippen molar-refractivity contribution in [2.75, 3.05) is 5.32 Å². The maximum atomic E-state index is 10.7. The lowest BCUT2D eigenvalue weighted by Crippen LogP contribution is -2.37. The van der Waals surface area contributed by atoms with Crippen LogP contribution in [0.4, 0.5) is 10.5 Å². The van der Waals surface area contributed by atoms with E-state index in [0.717, 1.165) is 36.5 Å². The van der Waals surface area contributed by atoms with Crippen molar-refractivity contribution >= 4 is 23.4 Å². The molecule has 1 unspecified atom stereocenters. The van der Waals surface area contributed by atoms with Gasteiger partial charge >= 0.3 is 6.09 Å². The number of carboxylic acid groups (broad SMARTS) is 1. The van der Waals surface area contributed by atoms with Gasteiger partial charge in [-0.25, -0.2) is 4.79 Å². The molecule has 0 radical (unpaired) electrons. The highest BCUT2D eigenvalue weighted by Crippen LogP contribution is 2.25. The van der Waals surface area contributed by atoms with E-state index >= 15 is 0 Å². The lowest BCUT2D eigenvalue weighted by Gasteiger charge is -2.25. The van der Waals surface area contributed by atoms with Gasteiger partial charge in [0.1, 0.15) is 0 Å². The highest BCUT2D eigenvalue weighted by atomic mass is 35.5. The Labute approximate surface area is 140 Å². The van der Waals surface area contributed by atoms with E-state index in [1.54, 1.807) is 0 Å². The topological polar surface area (TPSA) is 61.4 Å². The number of aryl methyl sites for hydroxylation is 1. The number of carbonyl (C=O) groups is 1. The number of hydrogen-bond acceptors (Lipinski definition) is 2. The fourth-order valence-electron chi connectivity index (χ4n) is 2.97. The Bertz CT molecular complexity index is 701. The monoisotopic (exact) mass is 330 g/mol. The van der Waals surface area contributed by atoms with Crippen molar-refractivity contribution in [2.24, 2.45) is 0 Å². The van der Waals surface area contributed by atoms with Crippen LogP contribution in [0.15, 0.2) is 42.5 Å². The molecule has 1 aliphatic rings. The van der Waals surface area contributed by atoms with Crippen LogP contribution in [0.1, 0.15) is 23.1 Å². The van der Waals surface area contributed by atoms with Crippen LogP contribution < -0.4 is 10.6 Å². The molecule has 1 atom stereocenters. The van der Waals surface area contributed by atoms with E-state index in [-0.39, 0.29) is 6.04 Å². The number of amides is 1. The van der Waals surface area contributed by atoms with Crippen molar-refractivity contribution < 1.29 is 9.90 Å². The van der Waals surface area contributed by atoms with Gasteiger partial charge in [0.25, 0.3) is 0 Å². The summed E-state index contributed by atoms with van der Waals surface area (Å²) < 4.78 is 0. The second-order valence-corrected chi connectivity index (χ2v) is 6.29. The third-order valence-corrected chi connectivity index (χ3v) is 4.42. The summed E-state index contributed by atoms with van der Waals surface area (Å²) in [6.45, 7) is 0.749. The van der Waals surface area contributed by atoms with Gasteiger partial charge in [0, 0.05) is 23.3 Å². The first-order valence-electron chi connectivity index (χ1n) is 7.70. The van der Waals surface area contributed by atoms with Crippen molar-refractivity contribution in [2.45, 2.75) is 31.8 Å². The number of halogens is 1. The predicted molar refractivity (Wildman–Crippen MR) is 92.2 cm³/mol. The molecule has 0 saturated heterocycles. The molecule has 0 heterocycles. The molecule has 1 aliphatic carbocycles. The third-order valence-electron chi connectivity index (χ3n) is 4.17. The van der Waals surface area contributed by atoms with E-state index in [9.17, 15) is 4.79 Å². The molecule has 4 nitrogen and oxygen atoms in total. The summed E-state index contributed by atoms with van der Waals surface area (Å²) in [5.41, 5.74) is 4.79. The Morgan fingerprint density at radius 2 is 1.96 bits per heavy atom. The van der Waals surface area contributed by atoms with Crippen molar-refractivity contribution in [1.29, 1.82) is 0 Å². The summed E-state index contributed by atoms with van der Waals surface area (Å²) >= 11 is 5.89. The molecule has 0 saturated carbocycles. The standard InChI is InChI=1S/C18H19ClN2O2/c19-15-5-1-12(2-6-15)11-20-16-7-3-14-10-17(21-18(22)23)8-4-13(14)9-16/h1-3,5-7,9,17,20-21H,4,8,10-11H2,(H,22,23). The van der Waals surface area contributed by atoms with E-state index in [2.05, 4.69) is 28.8 Å². The van der Waals surface area contributed by atoms with Crippen molar-refractivity contribution in [3.63, 3.8) is 0 Å². The minimum Gasteiger partial charge on any atom is -0.465 e. The molecule has 0 aromatic heterocycles. The molecule has 120 valence electrons. The average molecular weight is 331 g/mol. The average Bonchev–Trinajstić information content (AvgIpc) is 2.54. The lowest BCUT2D eigenvalue weighted by molar-refractivity contribution is 0.188. The maximum absolute atomic E-state index is 10.7. The number of anilines is 1. The molecular formula is C18H19ClN2O2. The van der Waals surface area contributed by atoms with Crippen LogP contribution in [-0.4, -0.2) is 17.2 Å². The molecular weight excluding hydrogens is 312 g/mol. The molecule has 3 rings (SSSR count). The molecule has 2 aromatic rings. The highest BCUT2D eigenvalue weighted by molar-refractivity contribution is 6.30. The van der Waals surface area contributed by atoms with Crippen LogP contribution in [0, 0.1) is 0 Å². The normalized spacial score (nSPS) is 16.5. The van der Waals surface area contributed by atoms with Crippen molar-refractivity contribution in [1.82, 2.24) is 5.32 Å². The molecule has 0 fully saturated rings. The molecule has 0 bridgehead atoms. The maximum Gasteiger partial charge on any atom is 0.404 e. The van der Waals surface area contributed by atoms with E-state index in [0.29, 0.717) is 0 Å². The van der Waals surface area contributed by atoms with E-state index in [1.165, 1.54) is 16.7 Å². The largest absolute Gasteiger partial charge is 0.465 e. The van der Waals surface area contributed by atoms with E-state index < -0.39 is 6.09 Å². The molecule has 3 N–H and O–H groups in total. The van der Waals surface area contributed by atoms with Crippen LogP contribution in [0.3, 0.4) is 0 Å². The lowest BCUT2D eigenvalue weighted by atomic mass is 9.88. The molecule has 2 aromatic carbocycles. The zero-order chi connectivity index (χ0) is 16.2. The second-order valence-electron chi connectivity index (χ2n) is 5.85. The number of benzene rings is 2. The SMILES string of the molecule is O=C(O)NC1CCc2cc(NCc3ccc(Cl)cc3)ccc2C1. The number of rotatable bonds is 4. The van der Waals surface area contributed by atoms with Gasteiger partial charge in [-0.1, -0.05) is 29.8 Å². The fraction of sp³-hybridized carbons (Fsp3) is 0.278. The van der Waals surface area contributed by atoms with Gasteiger partial charge in [-0.3, -0.25) is 0 Å². The smallest absolute Gasteiger partial charge is 0.404 e. The molecule has 0 spiro atoms. The number of fused-ring (bicyclic) bond motifs is 1. The number of hydrogen-bond donors (Lipinski definition) is 3. The quantitative estimate of drug-likeness (QED) is 0.791. The Morgan fingerprint density at radius 3 is 2.70 bits per heavy atom. The zero-order valence-corrected chi connectivity index (χ0v) is 13.4. The van der Waals surface area contributed by atoms with Gasteiger partial charge in [0.05, 0.1) is 0 Å². The van der Waals surface area contributed by atoms with Gasteiger partial charge in [0.2, 0.25) is 0 Å². The van der Waals surface area contributed by atoms with Crippen LogP contribution in [-0.2, 0) is 19.4 Å². The minimum absolute atomic E-state index is 0.0212. The first-order chi connectivity index (χ1) is 11.1. The fourth-order valence-corrected chi connectivity index (χ4v) is 3.10. The summed E-state index contributed by atoms with van der Waals surface area (Å²) in [4.78, 5) is 10.7. The summed E-state index contributed by atoms with van der Waals surface area (Å²) in [5, 5.41) is 15.6. The number of nitrogens with one attached hydrogen (secondary N) is 2. The van der Waals surface area contributed by atoms with E-state index in [1.807, 2.05) is 24.3 Å². The summed E-state index contributed by atoms with van der Waals surface area (Å²) in [7, 11) is 0. The summed E-state index contributed by atoms with van der Waals surface area (Å²) in [5.74, 6) is 0. The Morgan fingerprint density at radius 1 is 1.17 bits per heavy atom. The molecule has 1 amide bonds.